The van der Waals surface area contributed by atoms with Crippen LogP contribution < -0.4 is 0 Å². The van der Waals surface area contributed by atoms with Crippen molar-refractivity contribution in [2.45, 2.75) is 18.1 Å². The first-order chi connectivity index (χ1) is 10.6. The molecule has 1 saturated heterocycles. The largest absolute Gasteiger partial charge is 0.411 e. The van der Waals surface area contributed by atoms with Crippen LogP contribution in [0.15, 0.2) is 38.4 Å². The van der Waals surface area contributed by atoms with Crippen molar-refractivity contribution >= 4 is 39.5 Å². The van der Waals surface area contributed by atoms with Crippen LogP contribution in [-0.4, -0.2) is 39.2 Å². The molecule has 0 N–H and O–H groups in total. The fourth-order valence-corrected chi connectivity index (χ4v) is 3.22. The van der Waals surface area contributed by atoms with E-state index in [1.165, 1.54) is 4.90 Å². The number of likely N-dealkylation sites (tertiary alicyclic amines) is 1. The summed E-state index contributed by atoms with van der Waals surface area (Å²) in [6.45, 7) is 0.504. The molecule has 1 aliphatic rings. The summed E-state index contributed by atoms with van der Waals surface area (Å²) in [6.07, 6.45) is 1.19. The SMILES string of the molecule is O=C1CCCN1C(=O)CSc1nnc(-c2ccccc2Br)o1. The van der Waals surface area contributed by atoms with Crippen LogP contribution in [0.1, 0.15) is 12.8 Å². The first-order valence-corrected chi connectivity index (χ1v) is 8.47. The number of carbonyl (C=O) groups excluding carboxylic acids is 2. The van der Waals surface area contributed by atoms with Crippen molar-refractivity contribution in [3.8, 4) is 11.5 Å². The predicted molar refractivity (Wildman–Crippen MR) is 84.1 cm³/mol. The van der Waals surface area contributed by atoms with Crippen LogP contribution in [0.2, 0.25) is 0 Å². The van der Waals surface area contributed by atoms with Gasteiger partial charge in [-0.05, 0) is 34.5 Å². The van der Waals surface area contributed by atoms with Crippen LogP contribution in [0.3, 0.4) is 0 Å². The highest BCUT2D eigenvalue weighted by Crippen LogP contribution is 2.29. The lowest BCUT2D eigenvalue weighted by atomic mass is 10.2. The average Bonchev–Trinajstić information content (AvgIpc) is 3.14. The summed E-state index contributed by atoms with van der Waals surface area (Å²) < 4.78 is 6.40. The summed E-state index contributed by atoms with van der Waals surface area (Å²) in [5.41, 5.74) is 0.794. The number of imide groups is 1. The number of hydrogen-bond acceptors (Lipinski definition) is 6. The number of carbonyl (C=O) groups is 2. The number of halogens is 1. The van der Waals surface area contributed by atoms with Crippen molar-refractivity contribution in [1.29, 1.82) is 0 Å². The summed E-state index contributed by atoms with van der Waals surface area (Å²) in [4.78, 5) is 24.7. The topological polar surface area (TPSA) is 76.3 Å². The van der Waals surface area contributed by atoms with Gasteiger partial charge in [0.1, 0.15) is 0 Å². The van der Waals surface area contributed by atoms with Gasteiger partial charge in [0.25, 0.3) is 5.22 Å². The maximum atomic E-state index is 11.9. The van der Waals surface area contributed by atoms with Crippen molar-refractivity contribution in [1.82, 2.24) is 15.1 Å². The molecular formula is C14H12BrN3O3S. The molecule has 0 saturated carbocycles. The molecule has 2 aromatic rings. The number of benzene rings is 1. The van der Waals surface area contributed by atoms with Gasteiger partial charge < -0.3 is 4.42 Å². The van der Waals surface area contributed by atoms with Crippen molar-refractivity contribution in [2.75, 3.05) is 12.3 Å². The quantitative estimate of drug-likeness (QED) is 0.757. The number of amides is 2. The first kappa shape index (κ1) is 15.2. The van der Waals surface area contributed by atoms with Crippen LogP contribution in [0.25, 0.3) is 11.5 Å². The van der Waals surface area contributed by atoms with Gasteiger partial charge in [-0.2, -0.15) is 0 Å². The smallest absolute Gasteiger partial charge is 0.277 e. The summed E-state index contributed by atoms with van der Waals surface area (Å²) in [5.74, 6) is 0.182. The normalized spacial score (nSPS) is 14.6. The Hall–Kier alpha value is -1.67. The van der Waals surface area contributed by atoms with E-state index in [1.807, 2.05) is 24.3 Å². The van der Waals surface area contributed by atoms with Crippen LogP contribution in [0.5, 0.6) is 0 Å². The molecule has 0 radical (unpaired) electrons. The summed E-state index contributed by atoms with van der Waals surface area (Å²) in [7, 11) is 0. The third-order valence-corrected chi connectivity index (χ3v) is 4.70. The van der Waals surface area contributed by atoms with Gasteiger partial charge in [-0.15, -0.1) is 10.2 Å². The Morgan fingerprint density at radius 1 is 1.36 bits per heavy atom. The van der Waals surface area contributed by atoms with Crippen molar-refractivity contribution in [3.05, 3.63) is 28.7 Å². The van der Waals surface area contributed by atoms with Crippen molar-refractivity contribution < 1.29 is 14.0 Å². The predicted octanol–water partition coefficient (Wildman–Crippen LogP) is 2.74. The molecule has 1 aromatic carbocycles. The molecule has 0 aliphatic carbocycles. The summed E-state index contributed by atoms with van der Waals surface area (Å²) in [6, 6.07) is 7.51. The lowest BCUT2D eigenvalue weighted by Crippen LogP contribution is -2.33. The Bertz CT molecular complexity index is 719. The molecule has 8 heteroatoms. The minimum atomic E-state index is -0.215. The van der Waals surface area contributed by atoms with E-state index >= 15 is 0 Å². The minimum Gasteiger partial charge on any atom is -0.411 e. The molecule has 1 aromatic heterocycles. The average molecular weight is 382 g/mol. The second-order valence-corrected chi connectivity index (χ2v) is 6.47. The van der Waals surface area contributed by atoms with Crippen molar-refractivity contribution in [2.24, 2.45) is 0 Å². The van der Waals surface area contributed by atoms with E-state index in [2.05, 4.69) is 26.1 Å². The third kappa shape index (κ3) is 3.22. The summed E-state index contributed by atoms with van der Waals surface area (Å²) in [5, 5.41) is 8.21. The van der Waals surface area contributed by atoms with Crippen LogP contribution in [0, 0.1) is 0 Å². The standard InChI is InChI=1S/C14H12BrN3O3S/c15-10-5-2-1-4-9(10)13-16-17-14(21-13)22-8-12(20)18-7-3-6-11(18)19/h1-2,4-5H,3,6-8H2. The first-order valence-electron chi connectivity index (χ1n) is 6.69. The molecule has 1 aliphatic heterocycles. The van der Waals surface area contributed by atoms with Crippen LogP contribution >= 0.6 is 27.7 Å². The van der Waals surface area contributed by atoms with E-state index in [9.17, 15) is 9.59 Å². The van der Waals surface area contributed by atoms with Gasteiger partial charge in [-0.3, -0.25) is 14.5 Å². The minimum absolute atomic E-state index is 0.106. The van der Waals surface area contributed by atoms with E-state index in [4.69, 9.17) is 4.42 Å². The van der Waals surface area contributed by atoms with E-state index in [-0.39, 0.29) is 17.6 Å². The van der Waals surface area contributed by atoms with Gasteiger partial charge >= 0.3 is 0 Å². The molecule has 22 heavy (non-hydrogen) atoms. The molecule has 1 fully saturated rings. The molecule has 2 heterocycles. The highest BCUT2D eigenvalue weighted by Gasteiger charge is 2.26. The van der Waals surface area contributed by atoms with Gasteiger partial charge in [0, 0.05) is 17.4 Å². The van der Waals surface area contributed by atoms with Gasteiger partial charge in [-0.25, -0.2) is 0 Å². The van der Waals surface area contributed by atoms with Gasteiger partial charge in [0.15, 0.2) is 0 Å². The molecule has 6 nitrogen and oxygen atoms in total. The Balaban J connectivity index is 1.64. The number of thioether (sulfide) groups is 1. The number of rotatable bonds is 4. The lowest BCUT2D eigenvalue weighted by molar-refractivity contribution is -0.140. The highest BCUT2D eigenvalue weighted by molar-refractivity contribution is 9.10. The molecule has 0 spiro atoms. The Morgan fingerprint density at radius 3 is 2.91 bits per heavy atom. The van der Waals surface area contributed by atoms with Gasteiger partial charge in [0.05, 0.1) is 11.3 Å². The van der Waals surface area contributed by atoms with Crippen molar-refractivity contribution in [3.63, 3.8) is 0 Å². The Labute approximate surface area is 139 Å². The number of nitrogens with zero attached hydrogens (tertiary/aromatic N) is 3. The second kappa shape index (κ2) is 6.62. The van der Waals surface area contributed by atoms with E-state index < -0.39 is 0 Å². The molecule has 0 bridgehead atoms. The van der Waals surface area contributed by atoms with Crippen LogP contribution in [-0.2, 0) is 9.59 Å². The van der Waals surface area contributed by atoms with Gasteiger partial charge in [-0.1, -0.05) is 23.9 Å². The zero-order valence-electron chi connectivity index (χ0n) is 11.5. The second-order valence-electron chi connectivity index (χ2n) is 4.68. The van der Waals surface area contributed by atoms with E-state index in [0.717, 1.165) is 28.2 Å². The molecule has 2 amide bonds. The Morgan fingerprint density at radius 2 is 2.18 bits per heavy atom. The monoisotopic (exact) mass is 381 g/mol. The van der Waals surface area contributed by atoms with E-state index in [0.29, 0.717) is 24.1 Å². The Kier molecular flexibility index (Phi) is 4.58. The van der Waals surface area contributed by atoms with Gasteiger partial charge in [0.2, 0.25) is 17.7 Å². The fourth-order valence-electron chi connectivity index (χ4n) is 2.12. The molecule has 3 rings (SSSR count). The maximum Gasteiger partial charge on any atom is 0.277 e. The van der Waals surface area contributed by atoms with Crippen LogP contribution in [0.4, 0.5) is 0 Å². The summed E-state index contributed by atoms with van der Waals surface area (Å²) >= 11 is 4.56. The molecular weight excluding hydrogens is 370 g/mol. The zero-order chi connectivity index (χ0) is 15.5. The number of aromatic nitrogens is 2. The molecule has 0 unspecified atom stereocenters. The number of hydrogen-bond donors (Lipinski definition) is 0. The zero-order valence-corrected chi connectivity index (χ0v) is 13.9. The van der Waals surface area contributed by atoms with E-state index in [1.54, 1.807) is 0 Å². The molecule has 0 atom stereocenters. The lowest BCUT2D eigenvalue weighted by Gasteiger charge is -2.11. The highest BCUT2D eigenvalue weighted by atomic mass is 79.9. The fraction of sp³-hybridized carbons (Fsp3) is 0.286. The molecule has 114 valence electrons. The third-order valence-electron chi connectivity index (χ3n) is 3.20. The maximum absolute atomic E-state index is 11.9.